The molecule has 90 valence electrons. The number of hydrogen-bond acceptors (Lipinski definition) is 5. The molecule has 0 amide bonds. The Morgan fingerprint density at radius 1 is 1.22 bits per heavy atom. The van der Waals surface area contributed by atoms with Gasteiger partial charge in [0.2, 0.25) is 0 Å². The van der Waals surface area contributed by atoms with Crippen molar-refractivity contribution in [2.45, 2.75) is 0 Å². The second kappa shape index (κ2) is 3.95. The monoisotopic (exact) mass is 245 g/mol. The average Bonchev–Trinajstić information content (AvgIpc) is 2.74. The molecule has 0 saturated carbocycles. The summed E-state index contributed by atoms with van der Waals surface area (Å²) in [5.74, 6) is 0.511. The summed E-state index contributed by atoms with van der Waals surface area (Å²) < 4.78 is 18.1. The molecule has 0 aliphatic rings. The van der Waals surface area contributed by atoms with E-state index in [1.54, 1.807) is 0 Å². The fourth-order valence-corrected chi connectivity index (χ4v) is 1.46. The molecule has 3 N–H and O–H groups in total. The third-order valence-electron chi connectivity index (χ3n) is 2.34. The lowest BCUT2D eigenvalue weighted by Crippen LogP contribution is -1.92. The molecule has 0 bridgehead atoms. The van der Waals surface area contributed by atoms with Gasteiger partial charge in [-0.25, -0.2) is 9.37 Å². The van der Waals surface area contributed by atoms with Gasteiger partial charge in [-0.2, -0.15) is 10.1 Å². The zero-order valence-corrected chi connectivity index (χ0v) is 9.09. The first-order valence-corrected chi connectivity index (χ1v) is 5.12. The third-order valence-corrected chi connectivity index (χ3v) is 2.34. The fraction of sp³-hybridized carbons (Fsp3) is 0. The summed E-state index contributed by atoms with van der Waals surface area (Å²) in [6.07, 6.45) is 1.51. The van der Waals surface area contributed by atoms with Gasteiger partial charge in [-0.1, -0.05) is 0 Å². The molecule has 0 aliphatic heterocycles. The van der Waals surface area contributed by atoms with Crippen LogP contribution in [0.15, 0.2) is 30.5 Å². The number of hydrogen-bond donors (Lipinski definition) is 2. The summed E-state index contributed by atoms with van der Waals surface area (Å²) in [7, 11) is 0. The van der Waals surface area contributed by atoms with Crippen LogP contribution in [-0.4, -0.2) is 20.2 Å². The quantitative estimate of drug-likeness (QED) is 0.719. The molecule has 0 radical (unpaired) electrons. The number of nitrogens with two attached hydrogens (primary N) is 1. The Balaban J connectivity index is 1.92. The van der Waals surface area contributed by atoms with Crippen LogP contribution < -0.4 is 10.5 Å². The third kappa shape index (κ3) is 1.81. The first-order chi connectivity index (χ1) is 8.72. The first-order valence-electron chi connectivity index (χ1n) is 5.12. The van der Waals surface area contributed by atoms with Crippen molar-refractivity contribution in [2.75, 3.05) is 5.73 Å². The van der Waals surface area contributed by atoms with Crippen molar-refractivity contribution in [3.63, 3.8) is 0 Å². The van der Waals surface area contributed by atoms with Crippen LogP contribution in [-0.2, 0) is 0 Å². The van der Waals surface area contributed by atoms with Crippen LogP contribution in [0, 0.1) is 5.82 Å². The average molecular weight is 245 g/mol. The van der Waals surface area contributed by atoms with E-state index in [0.29, 0.717) is 22.6 Å². The first kappa shape index (κ1) is 10.5. The van der Waals surface area contributed by atoms with Crippen LogP contribution in [0.3, 0.4) is 0 Å². The van der Waals surface area contributed by atoms with E-state index in [-0.39, 0.29) is 11.8 Å². The number of nitrogens with one attached hydrogen (secondary N) is 1. The van der Waals surface area contributed by atoms with Gasteiger partial charge in [0.25, 0.3) is 0 Å². The van der Waals surface area contributed by atoms with Gasteiger partial charge in [0.05, 0.1) is 5.39 Å². The Morgan fingerprint density at radius 2 is 2.00 bits per heavy atom. The van der Waals surface area contributed by atoms with Crippen LogP contribution in [0.2, 0.25) is 0 Å². The lowest BCUT2D eigenvalue weighted by atomic mass is 10.3. The molecule has 1 aromatic carbocycles. The molecule has 0 atom stereocenters. The molecule has 3 rings (SSSR count). The number of rotatable bonds is 2. The number of aromatic amines is 1. The van der Waals surface area contributed by atoms with Crippen LogP contribution >= 0.6 is 0 Å². The van der Waals surface area contributed by atoms with Gasteiger partial charge in [0.1, 0.15) is 17.4 Å². The van der Waals surface area contributed by atoms with Crippen LogP contribution in [0.1, 0.15) is 0 Å². The Bertz CT molecular complexity index is 694. The SMILES string of the molecule is Nc1[nH]nc2nc(Oc3ccc(F)cc3)ncc12. The van der Waals surface area contributed by atoms with E-state index in [2.05, 4.69) is 20.2 Å². The molecule has 0 fully saturated rings. The van der Waals surface area contributed by atoms with E-state index in [4.69, 9.17) is 10.5 Å². The maximum Gasteiger partial charge on any atom is 0.324 e. The van der Waals surface area contributed by atoms with Crippen molar-refractivity contribution in [1.82, 2.24) is 20.2 Å². The lowest BCUT2D eigenvalue weighted by molar-refractivity contribution is 0.442. The van der Waals surface area contributed by atoms with Gasteiger partial charge in [0.15, 0.2) is 5.65 Å². The highest BCUT2D eigenvalue weighted by Crippen LogP contribution is 2.21. The Labute approximate surface area is 101 Å². The van der Waals surface area contributed by atoms with Gasteiger partial charge in [-0.3, -0.25) is 5.10 Å². The largest absolute Gasteiger partial charge is 0.424 e. The minimum atomic E-state index is -0.334. The number of H-pyrrole nitrogens is 1. The van der Waals surface area contributed by atoms with Gasteiger partial charge in [0, 0.05) is 6.20 Å². The number of nitrogens with zero attached hydrogens (tertiary/aromatic N) is 3. The minimum Gasteiger partial charge on any atom is -0.424 e. The fourth-order valence-electron chi connectivity index (χ4n) is 1.46. The normalized spacial score (nSPS) is 10.7. The number of aromatic nitrogens is 4. The van der Waals surface area contributed by atoms with Crippen molar-refractivity contribution < 1.29 is 9.13 Å². The van der Waals surface area contributed by atoms with E-state index < -0.39 is 0 Å². The van der Waals surface area contributed by atoms with E-state index in [1.807, 2.05) is 0 Å². The number of anilines is 1. The molecule has 6 nitrogen and oxygen atoms in total. The van der Waals surface area contributed by atoms with E-state index in [1.165, 1.54) is 30.5 Å². The number of benzene rings is 1. The second-order valence-electron chi connectivity index (χ2n) is 3.58. The molecule has 2 heterocycles. The number of halogens is 1. The maximum atomic E-state index is 12.7. The highest BCUT2D eigenvalue weighted by molar-refractivity contribution is 5.84. The highest BCUT2D eigenvalue weighted by Gasteiger charge is 2.07. The molecule has 18 heavy (non-hydrogen) atoms. The molecule has 7 heteroatoms. The van der Waals surface area contributed by atoms with Crippen LogP contribution in [0.4, 0.5) is 10.2 Å². The van der Waals surface area contributed by atoms with Crippen molar-refractivity contribution >= 4 is 16.9 Å². The summed E-state index contributed by atoms with van der Waals surface area (Å²) in [6.45, 7) is 0. The smallest absolute Gasteiger partial charge is 0.324 e. The Morgan fingerprint density at radius 3 is 2.78 bits per heavy atom. The molecule has 0 spiro atoms. The molecule has 0 saturated heterocycles. The maximum absolute atomic E-state index is 12.7. The molecule has 2 aromatic heterocycles. The van der Waals surface area contributed by atoms with Gasteiger partial charge < -0.3 is 10.5 Å². The van der Waals surface area contributed by atoms with Crippen LogP contribution in [0.25, 0.3) is 11.0 Å². The van der Waals surface area contributed by atoms with E-state index >= 15 is 0 Å². The predicted molar refractivity (Wildman–Crippen MR) is 62.6 cm³/mol. The summed E-state index contributed by atoms with van der Waals surface area (Å²) in [4.78, 5) is 8.05. The standard InChI is InChI=1S/C11H8FN5O/c12-6-1-3-7(4-2-6)18-11-14-5-8-9(13)16-17-10(8)15-11/h1-5H,(H3,13,14,15,16,17). The Kier molecular flexibility index (Phi) is 2.30. The summed E-state index contributed by atoms with van der Waals surface area (Å²) in [5.41, 5.74) is 6.03. The molecule has 0 aliphatic carbocycles. The lowest BCUT2D eigenvalue weighted by Gasteiger charge is -2.02. The molecular formula is C11H8FN5O. The number of fused-ring (bicyclic) bond motifs is 1. The zero-order valence-electron chi connectivity index (χ0n) is 9.09. The highest BCUT2D eigenvalue weighted by atomic mass is 19.1. The number of nitrogen functional groups attached to an aromatic ring is 1. The topological polar surface area (TPSA) is 89.7 Å². The van der Waals surface area contributed by atoms with Crippen molar-refractivity contribution in [1.29, 1.82) is 0 Å². The number of ether oxygens (including phenoxy) is 1. The predicted octanol–water partition coefficient (Wildman–Crippen LogP) is 1.87. The van der Waals surface area contributed by atoms with Crippen molar-refractivity contribution in [3.8, 4) is 11.8 Å². The zero-order chi connectivity index (χ0) is 12.5. The molecular weight excluding hydrogens is 237 g/mol. The van der Waals surface area contributed by atoms with E-state index in [0.717, 1.165) is 0 Å². The van der Waals surface area contributed by atoms with Gasteiger partial charge in [-0.05, 0) is 24.3 Å². The van der Waals surface area contributed by atoms with Crippen molar-refractivity contribution in [3.05, 3.63) is 36.3 Å². The summed E-state index contributed by atoms with van der Waals surface area (Å²) in [6, 6.07) is 5.69. The minimum absolute atomic E-state index is 0.126. The van der Waals surface area contributed by atoms with Crippen molar-refractivity contribution in [2.24, 2.45) is 0 Å². The second-order valence-corrected chi connectivity index (χ2v) is 3.58. The van der Waals surface area contributed by atoms with Gasteiger partial charge in [-0.15, -0.1) is 0 Å². The Hall–Kier alpha value is -2.70. The summed E-state index contributed by atoms with van der Waals surface area (Å²) in [5, 5.41) is 7.12. The molecule has 0 unspecified atom stereocenters. The van der Waals surface area contributed by atoms with Gasteiger partial charge >= 0.3 is 6.01 Å². The summed E-state index contributed by atoms with van der Waals surface area (Å²) >= 11 is 0. The molecule has 3 aromatic rings. The van der Waals surface area contributed by atoms with E-state index in [9.17, 15) is 4.39 Å². The van der Waals surface area contributed by atoms with Crippen LogP contribution in [0.5, 0.6) is 11.8 Å².